The summed E-state index contributed by atoms with van der Waals surface area (Å²) >= 11 is 0. The van der Waals surface area contributed by atoms with Gasteiger partial charge in [0.15, 0.2) is 0 Å². The first-order valence-electron chi connectivity index (χ1n) is 11.3. The van der Waals surface area contributed by atoms with E-state index in [2.05, 4.69) is 16.9 Å². The van der Waals surface area contributed by atoms with E-state index >= 15 is 0 Å². The van der Waals surface area contributed by atoms with Crippen LogP contribution in [-0.4, -0.2) is 56.4 Å². The second-order valence-electron chi connectivity index (χ2n) is 8.88. The molecule has 1 aromatic heterocycles. The normalized spacial score (nSPS) is 20.8. The van der Waals surface area contributed by atoms with Crippen LogP contribution in [0.4, 0.5) is 0 Å². The number of amides is 2. The quantitative estimate of drug-likeness (QED) is 0.565. The van der Waals surface area contributed by atoms with Gasteiger partial charge in [0, 0.05) is 54.4 Å². The Kier molecular flexibility index (Phi) is 5.42. The van der Waals surface area contributed by atoms with Crippen LogP contribution in [0.1, 0.15) is 30.0 Å². The van der Waals surface area contributed by atoms with Crippen LogP contribution in [0.15, 0.2) is 61.3 Å². The van der Waals surface area contributed by atoms with Gasteiger partial charge in [0.25, 0.3) is 0 Å². The number of hydrogen-bond donors (Lipinski definition) is 3. The van der Waals surface area contributed by atoms with Gasteiger partial charge >= 0.3 is 0 Å². The molecule has 3 heterocycles. The summed E-state index contributed by atoms with van der Waals surface area (Å²) in [4.78, 5) is 33.2. The van der Waals surface area contributed by atoms with Gasteiger partial charge in [-0.15, -0.1) is 0 Å². The first-order valence-corrected chi connectivity index (χ1v) is 11.3. The van der Waals surface area contributed by atoms with Crippen molar-refractivity contribution in [3.05, 3.63) is 78.0 Å². The molecule has 7 heteroatoms. The van der Waals surface area contributed by atoms with Gasteiger partial charge in [0.1, 0.15) is 12.1 Å². The number of rotatable bonds is 5. The zero-order valence-corrected chi connectivity index (χ0v) is 18.6. The molecular formula is C26H28N4O3. The Morgan fingerprint density at radius 1 is 1.21 bits per heavy atom. The van der Waals surface area contributed by atoms with E-state index in [9.17, 15) is 14.7 Å². The zero-order valence-electron chi connectivity index (χ0n) is 18.6. The number of aromatic nitrogens is 1. The van der Waals surface area contributed by atoms with Crippen LogP contribution in [0.25, 0.3) is 16.6 Å². The molecule has 1 saturated heterocycles. The van der Waals surface area contributed by atoms with E-state index in [1.54, 1.807) is 0 Å². The van der Waals surface area contributed by atoms with Crippen LogP contribution in [0, 0.1) is 0 Å². The zero-order chi connectivity index (χ0) is 23.1. The van der Waals surface area contributed by atoms with Gasteiger partial charge in [-0.1, -0.05) is 49.0 Å². The van der Waals surface area contributed by atoms with Crippen LogP contribution < -0.4 is 5.32 Å². The molecule has 5 rings (SSSR count). The molecular weight excluding hydrogens is 416 g/mol. The molecule has 2 aliphatic heterocycles. The molecule has 0 spiro atoms. The number of H-pyrrole nitrogens is 1. The maximum atomic E-state index is 13.4. The molecule has 3 aromatic rings. The Morgan fingerprint density at radius 3 is 2.79 bits per heavy atom. The number of hydrogen-bond acceptors (Lipinski definition) is 4. The molecule has 2 aliphatic rings. The highest BCUT2D eigenvalue weighted by Gasteiger charge is 2.42. The molecule has 170 valence electrons. The van der Waals surface area contributed by atoms with E-state index in [0.717, 1.165) is 33.3 Å². The third-order valence-corrected chi connectivity index (χ3v) is 6.83. The summed E-state index contributed by atoms with van der Waals surface area (Å²) < 4.78 is 0. The van der Waals surface area contributed by atoms with E-state index in [1.165, 1.54) is 4.90 Å². The van der Waals surface area contributed by atoms with Gasteiger partial charge in [-0.05, 0) is 24.1 Å². The molecule has 0 aliphatic carbocycles. The number of nitrogens with one attached hydrogen (secondary N) is 2. The van der Waals surface area contributed by atoms with Crippen molar-refractivity contribution >= 4 is 28.4 Å². The van der Waals surface area contributed by atoms with Crippen molar-refractivity contribution < 1.29 is 14.7 Å². The fraction of sp³-hybridized carbons (Fsp3) is 0.308. The van der Waals surface area contributed by atoms with Crippen molar-refractivity contribution in [2.75, 3.05) is 6.54 Å². The number of nitrogens with zero attached hydrogens (tertiary/aromatic N) is 2. The van der Waals surface area contributed by atoms with Crippen LogP contribution in [0.3, 0.4) is 0 Å². The average molecular weight is 445 g/mol. The molecule has 0 bridgehead atoms. The van der Waals surface area contributed by atoms with Gasteiger partial charge in [0.2, 0.25) is 11.8 Å². The van der Waals surface area contributed by atoms with Crippen LogP contribution in [-0.2, 0) is 22.7 Å². The molecule has 3 atom stereocenters. The van der Waals surface area contributed by atoms with Gasteiger partial charge in [-0.3, -0.25) is 9.59 Å². The summed E-state index contributed by atoms with van der Waals surface area (Å²) in [5.41, 5.74) is 4.99. The Balaban J connectivity index is 1.28. The summed E-state index contributed by atoms with van der Waals surface area (Å²) in [6.45, 7) is 7.13. The minimum Gasteiger partial charge on any atom is -0.391 e. The number of fused-ring (bicyclic) bond motifs is 2. The first kappa shape index (κ1) is 21.3. The van der Waals surface area contributed by atoms with E-state index in [0.29, 0.717) is 13.1 Å². The molecule has 0 radical (unpaired) electrons. The van der Waals surface area contributed by atoms with Gasteiger partial charge < -0.3 is 25.2 Å². The lowest BCUT2D eigenvalue weighted by Crippen LogP contribution is -2.51. The van der Waals surface area contributed by atoms with E-state index in [4.69, 9.17) is 0 Å². The van der Waals surface area contributed by atoms with Gasteiger partial charge in [0.05, 0.1) is 6.10 Å². The van der Waals surface area contributed by atoms with Gasteiger partial charge in [-0.2, -0.15) is 0 Å². The lowest BCUT2D eigenvalue weighted by molar-refractivity contribution is -0.141. The third-order valence-electron chi connectivity index (χ3n) is 6.83. The molecule has 7 nitrogen and oxygen atoms in total. The molecule has 1 fully saturated rings. The molecule has 2 aromatic carbocycles. The maximum absolute atomic E-state index is 13.4. The minimum atomic E-state index is -0.719. The van der Waals surface area contributed by atoms with Crippen molar-refractivity contribution in [3.63, 3.8) is 0 Å². The number of para-hydroxylation sites is 1. The lowest BCUT2D eigenvalue weighted by atomic mass is 10.1. The summed E-state index contributed by atoms with van der Waals surface area (Å²) in [6, 6.07) is 14.7. The monoisotopic (exact) mass is 444 g/mol. The van der Waals surface area contributed by atoms with Crippen molar-refractivity contribution in [1.82, 2.24) is 20.1 Å². The largest absolute Gasteiger partial charge is 0.391 e. The Labute approximate surface area is 192 Å². The fourth-order valence-corrected chi connectivity index (χ4v) is 5.00. The number of aliphatic hydroxyl groups is 1. The number of benzene rings is 2. The highest BCUT2D eigenvalue weighted by atomic mass is 16.3. The number of aliphatic hydroxyl groups excluding tert-OH is 1. The Morgan fingerprint density at radius 2 is 1.97 bits per heavy atom. The number of aromatic amines is 1. The summed E-state index contributed by atoms with van der Waals surface area (Å²) in [7, 11) is 0. The van der Waals surface area contributed by atoms with Crippen molar-refractivity contribution in [1.29, 1.82) is 0 Å². The molecule has 3 N–H and O–H groups in total. The Hall–Kier alpha value is -3.58. The van der Waals surface area contributed by atoms with E-state index < -0.39 is 18.2 Å². The van der Waals surface area contributed by atoms with Crippen molar-refractivity contribution in [2.24, 2.45) is 0 Å². The SMILES string of the molecule is C=C1c2ccccc2CN1[C@@H](C)C(=O)N1C[C@H](O)CC1C(=O)NCc1c[nH]c2ccccc12. The van der Waals surface area contributed by atoms with Crippen molar-refractivity contribution in [3.8, 4) is 0 Å². The molecule has 33 heavy (non-hydrogen) atoms. The number of carbonyl (C=O) groups is 2. The fourth-order valence-electron chi connectivity index (χ4n) is 5.00. The maximum Gasteiger partial charge on any atom is 0.245 e. The lowest BCUT2D eigenvalue weighted by Gasteiger charge is -2.32. The van der Waals surface area contributed by atoms with Crippen LogP contribution in [0.5, 0.6) is 0 Å². The first-order chi connectivity index (χ1) is 15.9. The number of β-amino-alcohol motifs (C(OH)–C–C–N with tert-alkyl or cyclic N) is 1. The summed E-state index contributed by atoms with van der Waals surface area (Å²) in [5.74, 6) is -0.423. The van der Waals surface area contributed by atoms with E-state index in [-0.39, 0.29) is 24.8 Å². The van der Waals surface area contributed by atoms with Gasteiger partial charge in [-0.25, -0.2) is 0 Å². The molecule has 1 unspecified atom stereocenters. The number of likely N-dealkylation sites (tertiary alicyclic amines) is 1. The number of carbonyl (C=O) groups excluding carboxylic acids is 2. The highest BCUT2D eigenvalue weighted by Crippen LogP contribution is 2.34. The predicted octanol–water partition coefficient (Wildman–Crippen LogP) is 2.62. The summed E-state index contributed by atoms with van der Waals surface area (Å²) in [6.07, 6.45) is 1.40. The average Bonchev–Trinajstić information content (AvgIpc) is 3.52. The standard InChI is InChI=1S/C26H28N4O3/c1-16-21-8-4-3-7-18(21)14-29(16)17(2)26(33)30-15-20(31)11-24(30)25(32)28-13-19-12-27-23-10-6-5-9-22(19)23/h3-10,12,17,20,24,27,31H,1,11,13-15H2,2H3,(H,28,32)/t17-,20+,24?/m0/s1. The molecule has 0 saturated carbocycles. The highest BCUT2D eigenvalue weighted by molar-refractivity contribution is 5.92. The third kappa shape index (κ3) is 3.78. The topological polar surface area (TPSA) is 88.7 Å². The smallest absolute Gasteiger partial charge is 0.245 e. The van der Waals surface area contributed by atoms with E-state index in [1.807, 2.05) is 66.6 Å². The van der Waals surface area contributed by atoms with Crippen molar-refractivity contribution in [2.45, 2.75) is 44.6 Å². The Bertz CT molecular complexity index is 1230. The predicted molar refractivity (Wildman–Crippen MR) is 127 cm³/mol. The van der Waals surface area contributed by atoms with Crippen LogP contribution in [0.2, 0.25) is 0 Å². The minimum absolute atomic E-state index is 0.154. The molecule has 2 amide bonds. The summed E-state index contributed by atoms with van der Waals surface area (Å²) in [5, 5.41) is 14.3. The van der Waals surface area contributed by atoms with Crippen LogP contribution >= 0.6 is 0 Å². The second-order valence-corrected chi connectivity index (χ2v) is 8.88. The second kappa shape index (κ2) is 8.41.